The number of fused-ring (bicyclic) bond motifs is 1. The summed E-state index contributed by atoms with van der Waals surface area (Å²) < 4.78 is 19.0. The molecule has 4 rings (SSSR count). The molecule has 0 bridgehead atoms. The molecule has 7 heteroatoms. The average Bonchev–Trinajstić information content (AvgIpc) is 3.23. The predicted molar refractivity (Wildman–Crippen MR) is 79.5 cm³/mol. The number of benzene rings is 2. The maximum Gasteiger partial charge on any atom is 0.248 e. The fraction of sp³-hybridized carbons (Fsp3) is 0. The summed E-state index contributed by atoms with van der Waals surface area (Å²) in [5.41, 5.74) is 2.84. The number of rotatable bonds is 2. The Bertz CT molecular complexity index is 1060. The summed E-state index contributed by atoms with van der Waals surface area (Å²) in [5, 5.41) is 16.8. The second-order valence-electron chi connectivity index (χ2n) is 4.85. The molecule has 0 amide bonds. The summed E-state index contributed by atoms with van der Waals surface area (Å²) in [6.45, 7) is 0. The lowest BCUT2D eigenvalue weighted by atomic mass is 10.1. The van der Waals surface area contributed by atoms with Crippen LogP contribution in [0.2, 0.25) is 0 Å². The SMILES string of the molecule is N#Cc1cc(-c2nnc(-c3ccc4[nH]cnc4c3)o2)ccc1F. The third-order valence-corrected chi connectivity index (χ3v) is 3.43. The molecule has 110 valence electrons. The maximum absolute atomic E-state index is 13.4. The molecular weight excluding hydrogens is 297 g/mol. The average molecular weight is 305 g/mol. The van der Waals surface area contributed by atoms with Gasteiger partial charge in [0, 0.05) is 11.1 Å². The lowest BCUT2D eigenvalue weighted by molar-refractivity contribution is 0.583. The minimum atomic E-state index is -0.583. The van der Waals surface area contributed by atoms with Gasteiger partial charge in [-0.2, -0.15) is 5.26 Å². The van der Waals surface area contributed by atoms with Crippen molar-refractivity contribution in [2.45, 2.75) is 0 Å². The third-order valence-electron chi connectivity index (χ3n) is 3.43. The molecule has 0 aliphatic carbocycles. The Kier molecular flexibility index (Phi) is 2.88. The molecule has 0 saturated heterocycles. The minimum Gasteiger partial charge on any atom is -0.416 e. The molecule has 2 aromatic heterocycles. The number of nitrogens with zero attached hydrogens (tertiary/aromatic N) is 4. The van der Waals surface area contributed by atoms with Gasteiger partial charge in [0.2, 0.25) is 11.8 Å². The Balaban J connectivity index is 1.75. The van der Waals surface area contributed by atoms with E-state index in [1.807, 2.05) is 18.2 Å². The Morgan fingerprint density at radius 2 is 1.78 bits per heavy atom. The van der Waals surface area contributed by atoms with Crippen molar-refractivity contribution >= 4 is 11.0 Å². The van der Waals surface area contributed by atoms with E-state index in [1.54, 1.807) is 12.4 Å². The van der Waals surface area contributed by atoms with Gasteiger partial charge in [-0.25, -0.2) is 9.37 Å². The number of nitrogens with one attached hydrogen (secondary N) is 1. The van der Waals surface area contributed by atoms with Crippen LogP contribution in [0.1, 0.15) is 5.56 Å². The van der Waals surface area contributed by atoms with Crippen molar-refractivity contribution in [1.82, 2.24) is 20.2 Å². The first-order valence-corrected chi connectivity index (χ1v) is 6.71. The topological polar surface area (TPSA) is 91.4 Å². The van der Waals surface area contributed by atoms with E-state index >= 15 is 0 Å². The van der Waals surface area contributed by atoms with Crippen LogP contribution in [0.5, 0.6) is 0 Å². The summed E-state index contributed by atoms with van der Waals surface area (Å²) in [7, 11) is 0. The quantitative estimate of drug-likeness (QED) is 0.613. The van der Waals surface area contributed by atoms with Gasteiger partial charge >= 0.3 is 0 Å². The molecule has 1 N–H and O–H groups in total. The number of imidazole rings is 1. The number of aromatic nitrogens is 4. The largest absolute Gasteiger partial charge is 0.416 e. The van der Waals surface area contributed by atoms with E-state index in [0.717, 1.165) is 16.6 Å². The molecule has 0 radical (unpaired) electrons. The van der Waals surface area contributed by atoms with E-state index in [2.05, 4.69) is 20.2 Å². The van der Waals surface area contributed by atoms with Crippen LogP contribution in [0.25, 0.3) is 33.9 Å². The van der Waals surface area contributed by atoms with Gasteiger partial charge in [0.25, 0.3) is 0 Å². The monoisotopic (exact) mass is 305 g/mol. The van der Waals surface area contributed by atoms with E-state index in [1.165, 1.54) is 18.2 Å². The molecule has 0 spiro atoms. The fourth-order valence-electron chi connectivity index (χ4n) is 2.27. The van der Waals surface area contributed by atoms with Gasteiger partial charge in [0.1, 0.15) is 11.9 Å². The predicted octanol–water partition coefficient (Wildman–Crippen LogP) is 3.29. The van der Waals surface area contributed by atoms with Crippen molar-refractivity contribution in [2.75, 3.05) is 0 Å². The van der Waals surface area contributed by atoms with Crippen LogP contribution in [-0.2, 0) is 0 Å². The lowest BCUT2D eigenvalue weighted by Gasteiger charge is -1.97. The fourth-order valence-corrected chi connectivity index (χ4v) is 2.27. The molecule has 0 atom stereocenters. The van der Waals surface area contributed by atoms with Crippen LogP contribution >= 0.6 is 0 Å². The molecule has 0 fully saturated rings. The van der Waals surface area contributed by atoms with Crippen LogP contribution in [0.15, 0.2) is 47.1 Å². The minimum absolute atomic E-state index is 0.0693. The molecule has 0 aliphatic heterocycles. The Hall–Kier alpha value is -3.53. The van der Waals surface area contributed by atoms with Crippen molar-refractivity contribution in [2.24, 2.45) is 0 Å². The summed E-state index contributed by atoms with van der Waals surface area (Å²) >= 11 is 0. The first-order chi connectivity index (χ1) is 11.2. The van der Waals surface area contributed by atoms with Crippen molar-refractivity contribution in [3.63, 3.8) is 0 Å². The first-order valence-electron chi connectivity index (χ1n) is 6.71. The molecule has 0 aliphatic rings. The van der Waals surface area contributed by atoms with Gasteiger partial charge in [0.05, 0.1) is 22.9 Å². The number of hydrogen-bond acceptors (Lipinski definition) is 5. The van der Waals surface area contributed by atoms with Crippen molar-refractivity contribution in [3.05, 3.63) is 54.1 Å². The highest BCUT2D eigenvalue weighted by Gasteiger charge is 2.13. The maximum atomic E-state index is 13.4. The van der Waals surface area contributed by atoms with Crippen molar-refractivity contribution in [1.29, 1.82) is 5.26 Å². The van der Waals surface area contributed by atoms with Crippen molar-refractivity contribution in [3.8, 4) is 29.0 Å². The molecule has 23 heavy (non-hydrogen) atoms. The van der Waals surface area contributed by atoms with Gasteiger partial charge in [-0.1, -0.05) is 0 Å². The number of nitriles is 1. The zero-order valence-corrected chi connectivity index (χ0v) is 11.6. The second-order valence-corrected chi connectivity index (χ2v) is 4.85. The van der Waals surface area contributed by atoms with E-state index in [9.17, 15) is 4.39 Å². The Labute approximate surface area is 129 Å². The molecular formula is C16H8FN5O. The number of hydrogen-bond donors (Lipinski definition) is 1. The highest BCUT2D eigenvalue weighted by Crippen LogP contribution is 2.26. The van der Waals surface area contributed by atoms with E-state index < -0.39 is 5.82 Å². The van der Waals surface area contributed by atoms with Crippen LogP contribution in [0.4, 0.5) is 4.39 Å². The highest BCUT2D eigenvalue weighted by molar-refractivity contribution is 5.79. The third kappa shape index (κ3) is 2.22. The van der Waals surface area contributed by atoms with Crippen LogP contribution in [-0.4, -0.2) is 20.2 Å². The van der Waals surface area contributed by atoms with Gasteiger partial charge in [-0.15, -0.1) is 10.2 Å². The normalized spacial score (nSPS) is 10.8. The van der Waals surface area contributed by atoms with E-state index in [4.69, 9.17) is 9.68 Å². The zero-order valence-electron chi connectivity index (χ0n) is 11.6. The Morgan fingerprint density at radius 3 is 2.57 bits per heavy atom. The molecule has 6 nitrogen and oxygen atoms in total. The number of halogens is 1. The number of H-pyrrole nitrogens is 1. The van der Waals surface area contributed by atoms with Crippen LogP contribution in [0.3, 0.4) is 0 Å². The molecule has 2 heterocycles. The van der Waals surface area contributed by atoms with Gasteiger partial charge in [0.15, 0.2) is 0 Å². The standard InChI is InChI=1S/C16H8FN5O/c17-12-3-1-9(5-11(12)7-18)15-21-22-16(23-15)10-2-4-13-14(6-10)20-8-19-13/h1-6,8H,(H,19,20). The Morgan fingerprint density at radius 1 is 1.04 bits per heavy atom. The van der Waals surface area contributed by atoms with E-state index in [0.29, 0.717) is 11.5 Å². The molecule has 4 aromatic rings. The van der Waals surface area contributed by atoms with Crippen LogP contribution in [0, 0.1) is 17.1 Å². The molecule has 0 saturated carbocycles. The van der Waals surface area contributed by atoms with E-state index in [-0.39, 0.29) is 11.5 Å². The van der Waals surface area contributed by atoms with Gasteiger partial charge in [-0.3, -0.25) is 0 Å². The van der Waals surface area contributed by atoms with Crippen LogP contribution < -0.4 is 0 Å². The summed E-state index contributed by atoms with van der Waals surface area (Å²) in [4.78, 5) is 7.18. The molecule has 2 aromatic carbocycles. The number of aromatic amines is 1. The van der Waals surface area contributed by atoms with Crippen molar-refractivity contribution < 1.29 is 8.81 Å². The smallest absolute Gasteiger partial charge is 0.248 e. The second kappa shape index (κ2) is 5.03. The first kappa shape index (κ1) is 13.2. The highest BCUT2D eigenvalue weighted by atomic mass is 19.1. The summed E-state index contributed by atoms with van der Waals surface area (Å²) in [5.74, 6) is -0.0358. The summed E-state index contributed by atoms with van der Waals surface area (Å²) in [6, 6.07) is 11.4. The zero-order chi connectivity index (χ0) is 15.8. The van der Waals surface area contributed by atoms with Gasteiger partial charge < -0.3 is 9.40 Å². The summed E-state index contributed by atoms with van der Waals surface area (Å²) in [6.07, 6.45) is 1.61. The van der Waals surface area contributed by atoms with Gasteiger partial charge in [-0.05, 0) is 36.4 Å². The molecule has 0 unspecified atom stereocenters. The lowest BCUT2D eigenvalue weighted by Crippen LogP contribution is -1.85.